The normalized spacial score (nSPS) is 13.4. The number of carbonyl (C=O) groups excluding carboxylic acids is 1. The Hall–Kier alpha value is -2.60. The molecule has 1 heterocycles. The number of ether oxygens (including phenoxy) is 1. The number of nitrogens with one attached hydrogen (secondary N) is 1. The number of carboxylic acids is 1. The van der Waals surface area contributed by atoms with Crippen LogP contribution in [0, 0.1) is 0 Å². The maximum absolute atomic E-state index is 12.2. The van der Waals surface area contributed by atoms with Gasteiger partial charge in [0.05, 0.1) is 12.2 Å². The van der Waals surface area contributed by atoms with Gasteiger partial charge in [-0.3, -0.25) is 4.79 Å². The molecule has 0 radical (unpaired) electrons. The molecule has 1 aliphatic rings. The lowest BCUT2D eigenvalue weighted by Gasteiger charge is -2.10. The summed E-state index contributed by atoms with van der Waals surface area (Å²) in [6, 6.07) is 7.41. The van der Waals surface area contributed by atoms with Gasteiger partial charge >= 0.3 is 5.97 Å². The molecule has 0 unspecified atom stereocenters. The van der Waals surface area contributed by atoms with Crippen LogP contribution in [-0.4, -0.2) is 23.6 Å². The molecule has 0 atom stereocenters. The van der Waals surface area contributed by atoms with Crippen LogP contribution in [-0.2, 0) is 17.6 Å². The van der Waals surface area contributed by atoms with E-state index in [0.717, 1.165) is 47.4 Å². The van der Waals surface area contributed by atoms with Crippen molar-refractivity contribution in [2.24, 2.45) is 0 Å². The van der Waals surface area contributed by atoms with Gasteiger partial charge < -0.3 is 15.2 Å². The van der Waals surface area contributed by atoms with Crippen LogP contribution in [0.4, 0.5) is 5.00 Å². The van der Waals surface area contributed by atoms with Crippen molar-refractivity contribution >= 4 is 34.3 Å². The molecule has 0 aliphatic heterocycles. The quantitative estimate of drug-likeness (QED) is 0.739. The van der Waals surface area contributed by atoms with Gasteiger partial charge in [0, 0.05) is 11.0 Å². The summed E-state index contributed by atoms with van der Waals surface area (Å²) in [6.07, 6.45) is 6.83. The standard InChI is InChI=1S/C20H21NO4S/c1-2-25-14-10-7-13(8-11-14)9-12-17(22)21-19-18(20(23)24)15-5-3-4-6-16(15)26-19/h7-12H,2-6H2,1H3,(H,21,22)(H,23,24)/b12-9+. The highest BCUT2D eigenvalue weighted by Gasteiger charge is 2.25. The molecule has 0 spiro atoms. The topological polar surface area (TPSA) is 75.6 Å². The molecule has 136 valence electrons. The van der Waals surface area contributed by atoms with Gasteiger partial charge in [-0.2, -0.15) is 0 Å². The molecule has 0 fully saturated rings. The summed E-state index contributed by atoms with van der Waals surface area (Å²) >= 11 is 1.38. The average molecular weight is 371 g/mol. The first kappa shape index (κ1) is 18.2. The van der Waals surface area contributed by atoms with E-state index in [4.69, 9.17) is 4.74 Å². The lowest BCUT2D eigenvalue weighted by molar-refractivity contribution is -0.111. The molecule has 2 N–H and O–H groups in total. The number of carbonyl (C=O) groups is 2. The number of rotatable bonds is 6. The van der Waals surface area contributed by atoms with Crippen LogP contribution in [0.5, 0.6) is 5.75 Å². The minimum atomic E-state index is -0.977. The highest BCUT2D eigenvalue weighted by atomic mass is 32.1. The fraction of sp³-hybridized carbons (Fsp3) is 0.300. The molecular weight excluding hydrogens is 350 g/mol. The monoisotopic (exact) mass is 371 g/mol. The number of amides is 1. The van der Waals surface area contributed by atoms with Crippen molar-refractivity contribution in [2.75, 3.05) is 11.9 Å². The van der Waals surface area contributed by atoms with Gasteiger partial charge in [0.1, 0.15) is 10.8 Å². The van der Waals surface area contributed by atoms with Gasteiger partial charge in [0.15, 0.2) is 0 Å². The van der Waals surface area contributed by atoms with Crippen molar-refractivity contribution in [3.8, 4) is 5.75 Å². The average Bonchev–Trinajstić information content (AvgIpc) is 2.99. The summed E-state index contributed by atoms with van der Waals surface area (Å²) in [5.74, 6) is -0.528. The van der Waals surface area contributed by atoms with E-state index in [9.17, 15) is 14.7 Å². The molecule has 2 aromatic rings. The van der Waals surface area contributed by atoms with Crippen molar-refractivity contribution < 1.29 is 19.4 Å². The van der Waals surface area contributed by atoms with E-state index < -0.39 is 5.97 Å². The first-order chi connectivity index (χ1) is 12.6. The van der Waals surface area contributed by atoms with Crippen LogP contribution < -0.4 is 10.1 Å². The van der Waals surface area contributed by atoms with Crippen molar-refractivity contribution in [1.29, 1.82) is 0 Å². The zero-order chi connectivity index (χ0) is 18.5. The lowest BCUT2D eigenvalue weighted by Crippen LogP contribution is -2.11. The predicted molar refractivity (Wildman–Crippen MR) is 103 cm³/mol. The van der Waals surface area contributed by atoms with E-state index in [1.807, 2.05) is 31.2 Å². The zero-order valence-electron chi connectivity index (χ0n) is 14.6. The van der Waals surface area contributed by atoms with Gasteiger partial charge in [0.25, 0.3) is 0 Å². The summed E-state index contributed by atoms with van der Waals surface area (Å²) in [5.41, 5.74) is 2.01. The summed E-state index contributed by atoms with van der Waals surface area (Å²) in [6.45, 7) is 2.53. The first-order valence-electron chi connectivity index (χ1n) is 8.68. The van der Waals surface area contributed by atoms with Gasteiger partial charge in [0.2, 0.25) is 5.91 Å². The maximum Gasteiger partial charge on any atom is 0.339 e. The Kier molecular flexibility index (Phi) is 5.73. The lowest BCUT2D eigenvalue weighted by atomic mass is 9.95. The minimum Gasteiger partial charge on any atom is -0.494 e. The van der Waals surface area contributed by atoms with E-state index in [2.05, 4.69) is 5.32 Å². The third kappa shape index (κ3) is 4.14. The van der Waals surface area contributed by atoms with Crippen LogP contribution in [0.1, 0.15) is 46.1 Å². The second-order valence-corrected chi connectivity index (χ2v) is 7.15. The van der Waals surface area contributed by atoms with Crippen LogP contribution >= 0.6 is 11.3 Å². The van der Waals surface area contributed by atoms with Crippen LogP contribution in [0.25, 0.3) is 6.08 Å². The smallest absolute Gasteiger partial charge is 0.339 e. The fourth-order valence-corrected chi connectivity index (χ4v) is 4.33. The van der Waals surface area contributed by atoms with Crippen LogP contribution in [0.3, 0.4) is 0 Å². The van der Waals surface area contributed by atoms with Crippen molar-refractivity contribution in [3.05, 3.63) is 51.9 Å². The summed E-state index contributed by atoms with van der Waals surface area (Å²) in [4.78, 5) is 24.9. The molecule has 5 nitrogen and oxygen atoms in total. The van der Waals surface area contributed by atoms with Crippen molar-refractivity contribution in [2.45, 2.75) is 32.6 Å². The molecule has 1 aromatic carbocycles. The number of fused-ring (bicyclic) bond motifs is 1. The fourth-order valence-electron chi connectivity index (χ4n) is 3.05. The molecule has 6 heteroatoms. The Morgan fingerprint density at radius 3 is 2.65 bits per heavy atom. The molecule has 1 aliphatic carbocycles. The molecule has 0 bridgehead atoms. The Labute approximate surface area is 156 Å². The summed E-state index contributed by atoms with van der Waals surface area (Å²) in [7, 11) is 0. The van der Waals surface area contributed by atoms with Gasteiger partial charge in [-0.25, -0.2) is 4.79 Å². The number of thiophene rings is 1. The van der Waals surface area contributed by atoms with Crippen LogP contribution in [0.2, 0.25) is 0 Å². The molecule has 0 saturated carbocycles. The summed E-state index contributed by atoms with van der Waals surface area (Å²) < 4.78 is 5.38. The summed E-state index contributed by atoms with van der Waals surface area (Å²) in [5, 5.41) is 12.7. The van der Waals surface area contributed by atoms with Crippen molar-refractivity contribution in [3.63, 3.8) is 0 Å². The van der Waals surface area contributed by atoms with Gasteiger partial charge in [-0.1, -0.05) is 12.1 Å². The van der Waals surface area contributed by atoms with E-state index in [-0.39, 0.29) is 11.5 Å². The number of hydrogen-bond acceptors (Lipinski definition) is 4. The van der Waals surface area contributed by atoms with Gasteiger partial charge in [-0.05, 0) is 61.9 Å². The zero-order valence-corrected chi connectivity index (χ0v) is 15.4. The highest BCUT2D eigenvalue weighted by Crippen LogP contribution is 2.38. The van der Waals surface area contributed by atoms with E-state index in [1.165, 1.54) is 17.4 Å². The molecule has 0 saturated heterocycles. The highest BCUT2D eigenvalue weighted by molar-refractivity contribution is 7.17. The molecule has 1 aromatic heterocycles. The van der Waals surface area contributed by atoms with E-state index in [1.54, 1.807) is 6.08 Å². The second-order valence-electron chi connectivity index (χ2n) is 6.04. The number of aryl methyl sites for hydroxylation is 1. The Morgan fingerprint density at radius 1 is 1.23 bits per heavy atom. The van der Waals surface area contributed by atoms with Crippen molar-refractivity contribution in [1.82, 2.24) is 0 Å². The first-order valence-corrected chi connectivity index (χ1v) is 9.50. The molecule has 3 rings (SSSR count). The predicted octanol–water partition coefficient (Wildman–Crippen LogP) is 4.38. The maximum atomic E-state index is 12.2. The third-order valence-electron chi connectivity index (χ3n) is 4.24. The van der Waals surface area contributed by atoms with Gasteiger partial charge in [-0.15, -0.1) is 11.3 Å². The largest absolute Gasteiger partial charge is 0.494 e. The Bertz CT molecular complexity index is 836. The number of anilines is 1. The number of benzene rings is 1. The number of carboxylic acid groups (broad SMARTS) is 1. The second kappa shape index (κ2) is 8.19. The molecule has 26 heavy (non-hydrogen) atoms. The SMILES string of the molecule is CCOc1ccc(/C=C/C(=O)Nc2sc3c(c2C(=O)O)CCCC3)cc1. The Morgan fingerprint density at radius 2 is 1.96 bits per heavy atom. The van der Waals surface area contributed by atoms with E-state index >= 15 is 0 Å². The third-order valence-corrected chi connectivity index (χ3v) is 5.45. The molecule has 1 amide bonds. The molecular formula is C20H21NO4S. The Balaban J connectivity index is 1.72. The number of hydrogen-bond donors (Lipinski definition) is 2. The van der Waals surface area contributed by atoms with E-state index in [0.29, 0.717) is 11.6 Å². The van der Waals surface area contributed by atoms with Crippen LogP contribution in [0.15, 0.2) is 30.3 Å². The minimum absolute atomic E-state index is 0.257. The number of aromatic carboxylic acids is 1.